The number of fused-ring (bicyclic) bond motifs is 2. The molecule has 0 bridgehead atoms. The second-order valence-electron chi connectivity index (χ2n) is 8.08. The van der Waals surface area contributed by atoms with Crippen LogP contribution in [0.4, 0.5) is 0 Å². The lowest BCUT2D eigenvalue weighted by Gasteiger charge is -2.32. The van der Waals surface area contributed by atoms with Crippen molar-refractivity contribution < 1.29 is 9.21 Å². The molecular weight excluding hydrogens is 536 g/mol. The molecule has 174 valence electrons. The van der Waals surface area contributed by atoms with Gasteiger partial charge in [-0.25, -0.2) is 10.0 Å². The summed E-state index contributed by atoms with van der Waals surface area (Å²) >= 11 is 11.4. The van der Waals surface area contributed by atoms with Crippen LogP contribution in [0.25, 0.3) is 17.0 Å². The molecule has 6 nitrogen and oxygen atoms in total. The number of unbranched alkanes of at least 4 members (excludes halogenated alkanes) is 1. The van der Waals surface area contributed by atoms with E-state index in [0.29, 0.717) is 32.8 Å². The van der Waals surface area contributed by atoms with E-state index in [2.05, 4.69) is 28.2 Å². The molecule has 0 aliphatic carbocycles. The van der Waals surface area contributed by atoms with Crippen LogP contribution in [0, 0.1) is 6.92 Å². The molecule has 0 saturated heterocycles. The van der Waals surface area contributed by atoms with Crippen LogP contribution in [0.5, 0.6) is 0 Å². The number of aryl methyl sites for hydroxylation is 1. The number of nitrogens with one attached hydrogen (secondary N) is 1. The van der Waals surface area contributed by atoms with E-state index in [1.54, 1.807) is 5.01 Å². The molecule has 0 saturated carbocycles. The highest BCUT2D eigenvalue weighted by Crippen LogP contribution is 2.35. The molecule has 1 amide bonds. The zero-order valence-electron chi connectivity index (χ0n) is 18.6. The summed E-state index contributed by atoms with van der Waals surface area (Å²) in [5.74, 6) is 1.94. The summed E-state index contributed by atoms with van der Waals surface area (Å²) in [5, 5.41) is 12.1. The van der Waals surface area contributed by atoms with Crippen LogP contribution >= 0.6 is 39.3 Å². The summed E-state index contributed by atoms with van der Waals surface area (Å²) in [7, 11) is 0. The van der Waals surface area contributed by atoms with E-state index in [9.17, 15) is 4.79 Å². The number of hydrogen-bond donors (Lipinski definition) is 1. The molecule has 9 heteroatoms. The van der Waals surface area contributed by atoms with Crippen molar-refractivity contribution in [3.05, 3.63) is 79.9 Å². The third-order valence-corrected chi connectivity index (χ3v) is 7.49. The fraction of sp³-hybridized carbons (Fsp3) is 0.240. The van der Waals surface area contributed by atoms with Crippen LogP contribution in [-0.4, -0.2) is 21.8 Å². The number of rotatable bonds is 5. The van der Waals surface area contributed by atoms with E-state index >= 15 is 0 Å². The number of amidine groups is 1. The second-order valence-corrected chi connectivity index (χ2v) is 10.5. The Morgan fingerprint density at radius 1 is 1.21 bits per heavy atom. The van der Waals surface area contributed by atoms with Gasteiger partial charge < -0.3 is 4.42 Å². The molecule has 5 rings (SSSR count). The second kappa shape index (κ2) is 9.60. The van der Waals surface area contributed by atoms with Crippen LogP contribution in [0.1, 0.15) is 37.3 Å². The zero-order chi connectivity index (χ0) is 23.8. The molecule has 2 aliphatic heterocycles. The van der Waals surface area contributed by atoms with E-state index in [1.807, 2.05) is 55.5 Å². The fourth-order valence-corrected chi connectivity index (χ4v) is 5.29. The smallest absolute Gasteiger partial charge is 0.276 e. The van der Waals surface area contributed by atoms with Crippen LogP contribution in [0.15, 0.2) is 67.5 Å². The first-order chi connectivity index (χ1) is 16.4. The lowest BCUT2D eigenvalue weighted by atomic mass is 10.1. The molecular formula is C25H22BrClN4O2S. The Balaban J connectivity index is 1.60. The van der Waals surface area contributed by atoms with E-state index in [4.69, 9.17) is 26.1 Å². The predicted molar refractivity (Wildman–Crippen MR) is 140 cm³/mol. The molecule has 2 aliphatic rings. The largest absolute Gasteiger partial charge is 0.457 e. The summed E-state index contributed by atoms with van der Waals surface area (Å²) < 4.78 is 7.10. The van der Waals surface area contributed by atoms with Crippen molar-refractivity contribution in [1.82, 2.24) is 10.3 Å². The Kier molecular flexibility index (Phi) is 6.55. The number of amides is 1. The Labute approximate surface area is 214 Å². The molecule has 3 aromatic rings. The van der Waals surface area contributed by atoms with Gasteiger partial charge in [-0.3, -0.25) is 10.1 Å². The minimum Gasteiger partial charge on any atom is -0.457 e. The monoisotopic (exact) mass is 556 g/mol. The number of hydrogen-bond acceptors (Lipinski definition) is 6. The van der Waals surface area contributed by atoms with E-state index < -0.39 is 6.17 Å². The molecule has 1 N–H and O–H groups in total. The minimum absolute atomic E-state index is 0.203. The first-order valence-corrected chi connectivity index (χ1v) is 13.2. The minimum atomic E-state index is -0.605. The summed E-state index contributed by atoms with van der Waals surface area (Å²) in [5.41, 5.74) is 2.33. The van der Waals surface area contributed by atoms with Gasteiger partial charge in [0.15, 0.2) is 10.9 Å². The van der Waals surface area contributed by atoms with Gasteiger partial charge in [0.1, 0.15) is 11.5 Å². The first-order valence-electron chi connectivity index (χ1n) is 11.0. The van der Waals surface area contributed by atoms with Crippen LogP contribution < -0.4 is 15.9 Å². The Bertz CT molecular complexity index is 1430. The summed E-state index contributed by atoms with van der Waals surface area (Å²) in [6, 6.07) is 15.3. The molecule has 0 unspecified atom stereocenters. The quantitative estimate of drug-likeness (QED) is 0.430. The molecule has 1 atom stereocenters. The average Bonchev–Trinajstić information content (AvgIpc) is 3.30. The van der Waals surface area contributed by atoms with Crippen molar-refractivity contribution in [2.45, 2.75) is 32.9 Å². The number of hydrazone groups is 1. The Hall–Kier alpha value is -2.55. The van der Waals surface area contributed by atoms with Gasteiger partial charge in [-0.05, 0) is 55.3 Å². The summed E-state index contributed by atoms with van der Waals surface area (Å²) in [6.07, 6.45) is 1.51. The van der Waals surface area contributed by atoms with Gasteiger partial charge >= 0.3 is 0 Å². The van der Waals surface area contributed by atoms with Gasteiger partial charge in [0.05, 0.1) is 5.36 Å². The van der Waals surface area contributed by atoms with Crippen molar-refractivity contribution in [2.75, 3.05) is 5.75 Å². The number of carbonyl (C=O) groups excluding carboxylic acids is 1. The zero-order valence-corrected chi connectivity index (χ0v) is 21.8. The first kappa shape index (κ1) is 23.2. The number of halogens is 2. The molecule has 1 aromatic heterocycles. The molecule has 0 fully saturated rings. The van der Waals surface area contributed by atoms with Crippen molar-refractivity contribution in [2.24, 2.45) is 10.1 Å². The van der Waals surface area contributed by atoms with Crippen LogP contribution in [-0.2, 0) is 4.79 Å². The maximum Gasteiger partial charge on any atom is 0.276 e. The van der Waals surface area contributed by atoms with Gasteiger partial charge in [0, 0.05) is 26.0 Å². The van der Waals surface area contributed by atoms with Crippen LogP contribution in [0.2, 0.25) is 5.02 Å². The van der Waals surface area contributed by atoms with Gasteiger partial charge in [-0.15, -0.1) is 5.10 Å². The number of thioether (sulfide) groups is 1. The number of nitrogens with zero attached hydrogens (tertiary/aromatic N) is 3. The highest BCUT2D eigenvalue weighted by atomic mass is 79.9. The lowest BCUT2D eigenvalue weighted by molar-refractivity contribution is -0.116. The number of benzene rings is 2. The third-order valence-electron chi connectivity index (χ3n) is 5.64. The maximum absolute atomic E-state index is 13.2. The standard InChI is InChI=1S/C25H22BrClN4O2S/c1-3-4-11-34-25-29-24(32)22-17-13-16(26)7-8-19(17)28-23(31(22)30-25)21-10-9-20(33-21)15-6-5-14(2)18(27)12-15/h5-10,12-13,23H,3-4,11H2,1-2H3,(H,29,30,32)/t23-/m0/s1. The van der Waals surface area contributed by atoms with Gasteiger partial charge in [0.25, 0.3) is 5.91 Å². The highest BCUT2D eigenvalue weighted by Gasteiger charge is 2.36. The topological polar surface area (TPSA) is 70.2 Å². The van der Waals surface area contributed by atoms with Crippen molar-refractivity contribution in [3.8, 4) is 11.3 Å². The Morgan fingerprint density at radius 3 is 2.85 bits per heavy atom. The van der Waals surface area contributed by atoms with Crippen molar-refractivity contribution in [3.63, 3.8) is 0 Å². The van der Waals surface area contributed by atoms with Crippen LogP contribution in [0.3, 0.4) is 0 Å². The predicted octanol–water partition coefficient (Wildman–Crippen LogP) is 5.35. The average molecular weight is 558 g/mol. The highest BCUT2D eigenvalue weighted by molar-refractivity contribution is 9.10. The molecule has 3 heterocycles. The van der Waals surface area contributed by atoms with Crippen molar-refractivity contribution in [1.29, 1.82) is 0 Å². The van der Waals surface area contributed by atoms with E-state index in [0.717, 1.165) is 39.4 Å². The number of carbonyl (C=O) groups is 1. The van der Waals surface area contributed by atoms with E-state index in [-0.39, 0.29) is 5.91 Å². The van der Waals surface area contributed by atoms with Crippen molar-refractivity contribution >= 4 is 56.1 Å². The molecule has 0 radical (unpaired) electrons. The molecule has 0 spiro atoms. The molecule has 2 aromatic carbocycles. The number of furan rings is 1. The lowest BCUT2D eigenvalue weighted by Crippen LogP contribution is -2.50. The normalized spacial score (nSPS) is 17.0. The van der Waals surface area contributed by atoms with Gasteiger partial charge in [0.2, 0.25) is 6.17 Å². The third kappa shape index (κ3) is 4.42. The maximum atomic E-state index is 13.2. The SMILES string of the molecule is CCCCSC1=NN2C(=c3cc(Br)ccc3=N[C@@H]2c2ccc(-c3ccc(C)c(Cl)c3)o2)C(=O)N1. The summed E-state index contributed by atoms with van der Waals surface area (Å²) in [6.45, 7) is 4.10. The molecule has 34 heavy (non-hydrogen) atoms. The van der Waals surface area contributed by atoms with E-state index in [1.165, 1.54) is 11.8 Å². The van der Waals surface area contributed by atoms with Gasteiger partial charge in [-0.2, -0.15) is 0 Å². The summed E-state index contributed by atoms with van der Waals surface area (Å²) in [4.78, 5) is 18.1. The Morgan fingerprint density at radius 2 is 2.06 bits per heavy atom. The van der Waals surface area contributed by atoms with Gasteiger partial charge in [-0.1, -0.05) is 64.8 Å². The fourth-order valence-electron chi connectivity index (χ4n) is 3.81.